The van der Waals surface area contributed by atoms with Gasteiger partial charge in [0.25, 0.3) is 0 Å². The summed E-state index contributed by atoms with van der Waals surface area (Å²) in [5.41, 5.74) is 0.269. The molecule has 0 saturated carbocycles. The number of nitrogens with zero attached hydrogens (tertiary/aromatic N) is 2. The Hall–Kier alpha value is -1.25. The maximum Gasteiger partial charge on any atom is 0.135 e. The zero-order chi connectivity index (χ0) is 5.98. The van der Waals surface area contributed by atoms with E-state index in [2.05, 4.69) is 22.9 Å². The maximum atomic E-state index is 10.4. The van der Waals surface area contributed by atoms with Gasteiger partial charge in [-0.15, -0.1) is 12.7 Å². The van der Waals surface area contributed by atoms with Crippen LogP contribution in [0.5, 0.6) is 0 Å². The van der Waals surface area contributed by atoms with Crippen LogP contribution in [-0.2, 0) is 4.79 Å². The second-order valence-corrected chi connectivity index (χ2v) is 1.22. The summed E-state index contributed by atoms with van der Waals surface area (Å²) >= 11 is 0. The first-order valence-electron chi connectivity index (χ1n) is 2.05. The Labute approximate surface area is 46.5 Å². The number of carbonyl (C=O) groups is 1. The minimum atomic E-state index is -0.361. The number of hydrogen-bond donors (Lipinski definition) is 0. The normalized spacial score (nSPS) is 16.5. The smallest absolute Gasteiger partial charge is 0.135 e. The molecule has 8 heavy (non-hydrogen) atoms. The lowest BCUT2D eigenvalue weighted by Gasteiger charge is -1.92. The van der Waals surface area contributed by atoms with Crippen molar-refractivity contribution in [2.24, 2.45) is 9.98 Å². The monoisotopic (exact) mass is 107 g/mol. The third kappa shape index (κ3) is 0.578. The summed E-state index contributed by atoms with van der Waals surface area (Å²) < 4.78 is 0. The fraction of sp³-hybridized carbons (Fsp3) is 0. The van der Waals surface area contributed by atoms with E-state index in [9.17, 15) is 4.79 Å². The van der Waals surface area contributed by atoms with E-state index in [1.807, 2.05) is 0 Å². The van der Waals surface area contributed by atoms with Crippen LogP contribution in [0.4, 0.5) is 0 Å². The van der Waals surface area contributed by atoms with Crippen molar-refractivity contribution < 1.29 is 4.79 Å². The predicted octanol–water partition coefficient (Wildman–Crippen LogP) is 0.0589. The predicted molar refractivity (Wildman–Crippen MR) is 30.1 cm³/mol. The molecular formula is C5H3N2O-. The molecule has 1 heterocycles. The molecule has 1 aliphatic heterocycles. The first-order chi connectivity index (χ1) is 3.84. The molecule has 0 saturated heterocycles. The van der Waals surface area contributed by atoms with E-state index in [-0.39, 0.29) is 11.6 Å². The van der Waals surface area contributed by atoms with Gasteiger partial charge in [0.05, 0.1) is 0 Å². The summed E-state index contributed by atoms with van der Waals surface area (Å²) in [6, 6.07) is 0. The molecule has 0 fully saturated rings. The Morgan fingerprint density at radius 3 is 2.75 bits per heavy atom. The van der Waals surface area contributed by atoms with Gasteiger partial charge in [-0.1, -0.05) is 0 Å². The third-order valence-corrected chi connectivity index (χ3v) is 0.734. The first kappa shape index (κ1) is 4.90. The zero-order valence-corrected chi connectivity index (χ0v) is 4.09. The molecule has 0 aliphatic carbocycles. The second kappa shape index (κ2) is 1.69. The Bertz CT molecular complexity index is 191. The van der Waals surface area contributed by atoms with Gasteiger partial charge in [0.1, 0.15) is 5.91 Å². The van der Waals surface area contributed by atoms with Crippen LogP contribution in [0.2, 0.25) is 0 Å². The largest absolute Gasteiger partial charge is 0.373 e. The zero-order valence-electron chi connectivity index (χ0n) is 4.09. The fourth-order valence-electron chi connectivity index (χ4n) is 0.362. The van der Waals surface area contributed by atoms with Crippen molar-refractivity contribution in [3.05, 3.63) is 12.7 Å². The lowest BCUT2D eigenvalue weighted by atomic mass is 10.4. The number of hydrogen-bond acceptors (Lipinski definition) is 2. The van der Waals surface area contributed by atoms with Crippen LogP contribution in [0.25, 0.3) is 0 Å². The van der Waals surface area contributed by atoms with Gasteiger partial charge in [0.15, 0.2) is 0 Å². The maximum absolute atomic E-state index is 10.4. The van der Waals surface area contributed by atoms with Crippen molar-refractivity contribution in [3.8, 4) is 0 Å². The van der Waals surface area contributed by atoms with Gasteiger partial charge >= 0.3 is 0 Å². The van der Waals surface area contributed by atoms with Gasteiger partial charge in [0, 0.05) is 6.34 Å². The number of amides is 1. The molecule has 1 amide bonds. The third-order valence-electron chi connectivity index (χ3n) is 0.734. The van der Waals surface area contributed by atoms with Crippen LogP contribution in [0, 0.1) is 0 Å². The molecule has 0 aromatic heterocycles. The Kier molecular flexibility index (Phi) is 1.04. The molecule has 3 heteroatoms. The van der Waals surface area contributed by atoms with E-state index in [4.69, 9.17) is 0 Å². The summed E-state index contributed by atoms with van der Waals surface area (Å²) in [6.07, 6.45) is 3.52. The lowest BCUT2D eigenvalue weighted by Crippen LogP contribution is -2.01. The molecular weight excluding hydrogens is 104 g/mol. The van der Waals surface area contributed by atoms with Gasteiger partial charge < -0.3 is 14.8 Å². The van der Waals surface area contributed by atoms with Crippen LogP contribution >= 0.6 is 0 Å². The molecule has 1 rings (SSSR count). The minimum Gasteiger partial charge on any atom is -0.373 e. The standard InChI is InChI=1S/C5H3N2O/c1-2-4-5(8)7-3-6-4/h2H,1H2/q-1. The van der Waals surface area contributed by atoms with Crippen molar-refractivity contribution in [3.63, 3.8) is 0 Å². The van der Waals surface area contributed by atoms with Crippen molar-refractivity contribution in [1.29, 1.82) is 0 Å². The van der Waals surface area contributed by atoms with Gasteiger partial charge in [-0.05, 0) is 5.71 Å². The highest BCUT2D eigenvalue weighted by molar-refractivity contribution is 6.47. The SMILES string of the molecule is C=CC1=N[C-]=NC1=O. The molecule has 0 bridgehead atoms. The van der Waals surface area contributed by atoms with Crippen molar-refractivity contribution in [2.45, 2.75) is 0 Å². The van der Waals surface area contributed by atoms with Gasteiger partial charge in [0.2, 0.25) is 0 Å². The summed E-state index contributed by atoms with van der Waals surface area (Å²) in [5.74, 6) is -0.361. The van der Waals surface area contributed by atoms with E-state index >= 15 is 0 Å². The van der Waals surface area contributed by atoms with Crippen LogP contribution in [0.3, 0.4) is 0 Å². The molecule has 0 spiro atoms. The summed E-state index contributed by atoms with van der Waals surface area (Å²) in [4.78, 5) is 17.1. The highest BCUT2D eigenvalue weighted by Gasteiger charge is 1.93. The summed E-state index contributed by atoms with van der Waals surface area (Å²) in [6.45, 7) is 3.34. The summed E-state index contributed by atoms with van der Waals surface area (Å²) in [7, 11) is 0. The Morgan fingerprint density at radius 1 is 1.75 bits per heavy atom. The lowest BCUT2D eigenvalue weighted by molar-refractivity contribution is -0.111. The minimum absolute atomic E-state index is 0.269. The Morgan fingerprint density at radius 2 is 2.50 bits per heavy atom. The quantitative estimate of drug-likeness (QED) is 0.437. The van der Waals surface area contributed by atoms with Crippen LogP contribution < -0.4 is 0 Å². The van der Waals surface area contributed by atoms with Crippen LogP contribution in [-0.4, -0.2) is 18.0 Å². The van der Waals surface area contributed by atoms with E-state index in [0.717, 1.165) is 0 Å². The first-order valence-corrected chi connectivity index (χ1v) is 2.05. The molecule has 0 aromatic rings. The van der Waals surface area contributed by atoms with E-state index in [1.165, 1.54) is 6.08 Å². The molecule has 3 nitrogen and oxygen atoms in total. The number of rotatable bonds is 1. The molecule has 0 radical (unpaired) electrons. The van der Waals surface area contributed by atoms with Gasteiger partial charge in [-0.3, -0.25) is 0 Å². The van der Waals surface area contributed by atoms with E-state index in [0.29, 0.717) is 0 Å². The molecule has 0 atom stereocenters. The molecule has 1 aliphatic rings. The highest BCUT2D eigenvalue weighted by Crippen LogP contribution is 1.90. The topological polar surface area (TPSA) is 41.8 Å². The summed E-state index contributed by atoms with van der Waals surface area (Å²) in [5, 5.41) is 0. The number of aliphatic imine (C=N–C) groups is 2. The van der Waals surface area contributed by atoms with Gasteiger partial charge in [-0.25, -0.2) is 0 Å². The molecule has 0 N–H and O–H groups in total. The van der Waals surface area contributed by atoms with Crippen LogP contribution in [0.1, 0.15) is 0 Å². The van der Waals surface area contributed by atoms with E-state index < -0.39 is 0 Å². The number of carbonyl (C=O) groups excluding carboxylic acids is 1. The average molecular weight is 107 g/mol. The van der Waals surface area contributed by atoms with Crippen molar-refractivity contribution >= 4 is 18.0 Å². The van der Waals surface area contributed by atoms with Gasteiger partial charge in [-0.2, -0.15) is 0 Å². The van der Waals surface area contributed by atoms with Crippen molar-refractivity contribution in [2.75, 3.05) is 0 Å². The fourth-order valence-corrected chi connectivity index (χ4v) is 0.362. The molecule has 40 valence electrons. The molecule has 0 aromatic carbocycles. The average Bonchev–Trinajstić information content (AvgIpc) is 2.14. The Balaban J connectivity index is 2.88. The van der Waals surface area contributed by atoms with Crippen molar-refractivity contribution in [1.82, 2.24) is 0 Å². The second-order valence-electron chi connectivity index (χ2n) is 1.22. The van der Waals surface area contributed by atoms with Crippen LogP contribution in [0.15, 0.2) is 22.6 Å². The highest BCUT2D eigenvalue weighted by atomic mass is 16.1. The van der Waals surface area contributed by atoms with E-state index in [1.54, 1.807) is 0 Å². The molecule has 0 unspecified atom stereocenters.